The van der Waals surface area contributed by atoms with E-state index in [4.69, 9.17) is 4.74 Å². The van der Waals surface area contributed by atoms with E-state index in [-0.39, 0.29) is 17.1 Å². The average molecular weight is 258 g/mol. The molecule has 2 atom stereocenters. The summed E-state index contributed by atoms with van der Waals surface area (Å²) >= 11 is 1.62. The fraction of sp³-hybridized carbons (Fsp3) is 0.923. The molecule has 98 valence electrons. The van der Waals surface area contributed by atoms with Crippen molar-refractivity contribution in [2.45, 2.75) is 62.9 Å². The summed E-state index contributed by atoms with van der Waals surface area (Å²) in [5.74, 6) is 0.397. The van der Waals surface area contributed by atoms with Crippen molar-refractivity contribution >= 4 is 17.7 Å². The molecule has 0 aromatic rings. The van der Waals surface area contributed by atoms with E-state index in [1.807, 2.05) is 13.8 Å². The van der Waals surface area contributed by atoms with E-state index in [9.17, 15) is 9.90 Å². The molecule has 0 aliphatic carbocycles. The van der Waals surface area contributed by atoms with Crippen LogP contribution in [0.5, 0.6) is 0 Å². The van der Waals surface area contributed by atoms with Gasteiger partial charge in [-0.05, 0) is 52.7 Å². The molecule has 0 aromatic carbocycles. The molecular weight excluding hydrogens is 236 g/mol. The predicted octanol–water partition coefficient (Wildman–Crippen LogP) is 2.93. The number of carboxylic acids is 1. The summed E-state index contributed by atoms with van der Waals surface area (Å²) in [6.07, 6.45) is 2.61. The van der Waals surface area contributed by atoms with E-state index in [1.165, 1.54) is 0 Å². The van der Waals surface area contributed by atoms with Gasteiger partial charge in [0.2, 0.25) is 0 Å². The summed E-state index contributed by atoms with van der Waals surface area (Å²) in [6.45, 7) is 8.19. The second kappa shape index (κ2) is 3.89. The van der Waals surface area contributed by atoms with Gasteiger partial charge in [-0.3, -0.25) is 4.79 Å². The highest BCUT2D eigenvalue weighted by atomic mass is 32.2. The lowest BCUT2D eigenvalue weighted by Gasteiger charge is -2.37. The maximum atomic E-state index is 11.7. The van der Waals surface area contributed by atoms with Gasteiger partial charge in [0.1, 0.15) is 4.75 Å². The molecule has 2 unspecified atom stereocenters. The molecule has 2 aliphatic heterocycles. The van der Waals surface area contributed by atoms with Crippen LogP contribution in [-0.4, -0.2) is 32.8 Å². The molecule has 17 heavy (non-hydrogen) atoms. The minimum absolute atomic E-state index is 0.0926. The number of carbonyl (C=O) groups is 1. The van der Waals surface area contributed by atoms with Gasteiger partial charge < -0.3 is 9.84 Å². The van der Waals surface area contributed by atoms with Gasteiger partial charge in [-0.25, -0.2) is 0 Å². The topological polar surface area (TPSA) is 46.5 Å². The number of hydrogen-bond acceptors (Lipinski definition) is 3. The van der Waals surface area contributed by atoms with Crippen molar-refractivity contribution in [1.82, 2.24) is 0 Å². The highest BCUT2D eigenvalue weighted by Gasteiger charge is 2.60. The molecule has 0 spiro atoms. The summed E-state index contributed by atoms with van der Waals surface area (Å²) in [7, 11) is 0. The molecule has 0 aromatic heterocycles. The molecule has 1 N–H and O–H groups in total. The summed E-state index contributed by atoms with van der Waals surface area (Å²) in [5.41, 5.74) is -0.557. The van der Waals surface area contributed by atoms with E-state index < -0.39 is 10.7 Å². The molecule has 2 fully saturated rings. The van der Waals surface area contributed by atoms with Crippen molar-refractivity contribution in [3.05, 3.63) is 0 Å². The van der Waals surface area contributed by atoms with Crippen LogP contribution in [0, 0.1) is 5.92 Å². The Morgan fingerprint density at radius 1 is 1.35 bits per heavy atom. The van der Waals surface area contributed by atoms with Gasteiger partial charge in [-0.2, -0.15) is 0 Å². The van der Waals surface area contributed by atoms with Crippen LogP contribution in [0.1, 0.15) is 47.0 Å². The van der Waals surface area contributed by atoms with Crippen molar-refractivity contribution in [1.29, 1.82) is 0 Å². The predicted molar refractivity (Wildman–Crippen MR) is 69.4 cm³/mol. The summed E-state index contributed by atoms with van der Waals surface area (Å²) in [5, 5.41) is 9.65. The molecule has 2 aliphatic rings. The van der Waals surface area contributed by atoms with Gasteiger partial charge in [0.25, 0.3) is 0 Å². The lowest BCUT2D eigenvalue weighted by Crippen LogP contribution is -2.48. The number of hydrogen-bond donors (Lipinski definition) is 1. The third-order valence-electron chi connectivity index (χ3n) is 4.05. The number of carboxylic acid groups (broad SMARTS) is 1. The van der Waals surface area contributed by atoms with Crippen molar-refractivity contribution in [2.75, 3.05) is 5.75 Å². The molecule has 0 amide bonds. The zero-order chi connectivity index (χ0) is 12.9. The zero-order valence-corrected chi connectivity index (χ0v) is 11.9. The Bertz CT molecular complexity index is 330. The normalized spacial score (nSPS) is 39.4. The molecule has 0 bridgehead atoms. The molecule has 0 saturated carbocycles. The quantitative estimate of drug-likeness (QED) is 0.827. The highest BCUT2D eigenvalue weighted by Crippen LogP contribution is 2.55. The lowest BCUT2D eigenvalue weighted by atomic mass is 9.75. The summed E-state index contributed by atoms with van der Waals surface area (Å²) in [6, 6.07) is 0. The monoisotopic (exact) mass is 258 g/mol. The van der Waals surface area contributed by atoms with Crippen LogP contribution in [-0.2, 0) is 9.53 Å². The molecule has 0 radical (unpaired) electrons. The number of rotatable bonds is 2. The first-order valence-electron chi connectivity index (χ1n) is 6.27. The zero-order valence-electron chi connectivity index (χ0n) is 11.1. The number of thioether (sulfide) groups is 1. The van der Waals surface area contributed by atoms with E-state index in [0.717, 1.165) is 25.0 Å². The van der Waals surface area contributed by atoms with E-state index in [2.05, 4.69) is 13.8 Å². The number of ether oxygens (including phenoxy) is 1. The minimum Gasteiger partial charge on any atom is -0.480 e. The lowest BCUT2D eigenvalue weighted by molar-refractivity contribution is -0.144. The first-order chi connectivity index (χ1) is 7.70. The van der Waals surface area contributed by atoms with Crippen LogP contribution in [0.4, 0.5) is 0 Å². The van der Waals surface area contributed by atoms with Crippen LogP contribution < -0.4 is 0 Å². The van der Waals surface area contributed by atoms with Crippen LogP contribution in [0.15, 0.2) is 0 Å². The first kappa shape index (κ1) is 13.2. The first-order valence-corrected chi connectivity index (χ1v) is 7.26. The van der Waals surface area contributed by atoms with Crippen LogP contribution >= 0.6 is 11.8 Å². The molecule has 3 nitrogen and oxygen atoms in total. The largest absolute Gasteiger partial charge is 0.480 e. The smallest absolute Gasteiger partial charge is 0.320 e. The Labute approximate surface area is 107 Å². The second-order valence-corrected chi connectivity index (χ2v) is 7.79. The van der Waals surface area contributed by atoms with Crippen molar-refractivity contribution in [3.63, 3.8) is 0 Å². The molecular formula is C13H22O3S. The van der Waals surface area contributed by atoms with Gasteiger partial charge in [-0.1, -0.05) is 0 Å². The van der Waals surface area contributed by atoms with E-state index >= 15 is 0 Å². The number of aliphatic carboxylic acids is 1. The summed E-state index contributed by atoms with van der Waals surface area (Å²) in [4.78, 5) is 11.7. The van der Waals surface area contributed by atoms with E-state index in [0.29, 0.717) is 0 Å². The highest BCUT2D eigenvalue weighted by molar-refractivity contribution is 8.01. The van der Waals surface area contributed by atoms with Crippen LogP contribution in [0.3, 0.4) is 0 Å². The van der Waals surface area contributed by atoms with Crippen molar-refractivity contribution in [3.8, 4) is 0 Å². The molecule has 2 heterocycles. The third-order valence-corrected chi connectivity index (χ3v) is 5.72. The standard InChI is InChI=1S/C13H22O3S/c1-11(2)8-9(12(3,4)16-11)13(10(14)15)6-5-7-17-13/h9H,5-8H2,1-4H3,(H,14,15). The Morgan fingerprint density at radius 2 is 2.00 bits per heavy atom. The van der Waals surface area contributed by atoms with Crippen molar-refractivity contribution < 1.29 is 14.6 Å². The minimum atomic E-state index is -0.653. The SMILES string of the molecule is CC1(C)CC(C2(C(=O)O)CCCS2)C(C)(C)O1. The third kappa shape index (κ3) is 2.10. The molecule has 2 rings (SSSR count). The van der Waals surface area contributed by atoms with Crippen LogP contribution in [0.25, 0.3) is 0 Å². The van der Waals surface area contributed by atoms with Gasteiger partial charge in [0.05, 0.1) is 11.2 Å². The second-order valence-electron chi connectivity index (χ2n) is 6.37. The molecule has 2 saturated heterocycles. The van der Waals surface area contributed by atoms with Gasteiger partial charge in [0.15, 0.2) is 0 Å². The average Bonchev–Trinajstić information content (AvgIpc) is 2.68. The van der Waals surface area contributed by atoms with Crippen molar-refractivity contribution in [2.24, 2.45) is 5.92 Å². The fourth-order valence-corrected chi connectivity index (χ4v) is 5.18. The van der Waals surface area contributed by atoms with Gasteiger partial charge in [-0.15, -0.1) is 11.8 Å². The van der Waals surface area contributed by atoms with E-state index in [1.54, 1.807) is 11.8 Å². The Kier molecular flexibility index (Phi) is 3.02. The fourth-order valence-electron chi connectivity index (χ4n) is 3.54. The van der Waals surface area contributed by atoms with Gasteiger partial charge in [0, 0.05) is 5.92 Å². The van der Waals surface area contributed by atoms with Gasteiger partial charge >= 0.3 is 5.97 Å². The summed E-state index contributed by atoms with van der Waals surface area (Å²) < 4.78 is 5.43. The Hall–Kier alpha value is -0.220. The Morgan fingerprint density at radius 3 is 2.35 bits per heavy atom. The molecule has 4 heteroatoms. The maximum absolute atomic E-state index is 11.7. The maximum Gasteiger partial charge on any atom is 0.320 e. The van der Waals surface area contributed by atoms with Crippen LogP contribution in [0.2, 0.25) is 0 Å². The Balaban J connectivity index is 2.35.